The van der Waals surface area contributed by atoms with Gasteiger partial charge in [0.25, 0.3) is 0 Å². The molecule has 0 saturated heterocycles. The molecule has 4 nitrogen and oxygen atoms in total. The van der Waals surface area contributed by atoms with Crippen LogP contribution < -0.4 is 0 Å². The quantitative estimate of drug-likeness (QED) is 0.318. The monoisotopic (exact) mass is 331 g/mol. The normalized spacial score (nSPS) is 12.5. The minimum absolute atomic E-state index is 0.259. The molecule has 0 aromatic heterocycles. The Morgan fingerprint density at radius 2 is 1.27 bits per heavy atom. The first-order chi connectivity index (χ1) is 10.6. The van der Waals surface area contributed by atoms with Crippen LogP contribution in [0.3, 0.4) is 0 Å². The number of nitrogens with zero attached hydrogens (tertiary/aromatic N) is 3. The van der Waals surface area contributed by atoms with Crippen LogP contribution in [0.25, 0.3) is 0 Å². The first-order valence-corrected chi connectivity index (χ1v) is 10.7. The van der Waals surface area contributed by atoms with E-state index in [0.717, 1.165) is 6.61 Å². The molecule has 22 heavy (non-hydrogen) atoms. The zero-order valence-corrected chi connectivity index (χ0v) is 17.4. The zero-order chi connectivity index (χ0) is 16.6. The van der Waals surface area contributed by atoms with Gasteiger partial charge in [-0.2, -0.15) is 0 Å². The molecule has 0 heterocycles. The third kappa shape index (κ3) is 16.4. The van der Waals surface area contributed by atoms with Gasteiger partial charge >= 0.3 is 0 Å². The maximum absolute atomic E-state index is 5.79. The van der Waals surface area contributed by atoms with Gasteiger partial charge in [0.05, 0.1) is 0 Å². The van der Waals surface area contributed by atoms with E-state index in [9.17, 15) is 0 Å². The van der Waals surface area contributed by atoms with Crippen LogP contribution in [-0.2, 0) is 4.43 Å². The first-order valence-electron chi connectivity index (χ1n) is 9.15. The van der Waals surface area contributed by atoms with Gasteiger partial charge in [-0.1, -0.05) is 13.3 Å². The molecule has 5 heteroatoms. The molecule has 0 spiro atoms. The summed E-state index contributed by atoms with van der Waals surface area (Å²) in [5, 5.41) is 0. The van der Waals surface area contributed by atoms with Crippen LogP contribution in [0.15, 0.2) is 0 Å². The third-order valence-electron chi connectivity index (χ3n) is 3.81. The van der Waals surface area contributed by atoms with Crippen molar-refractivity contribution in [3.63, 3.8) is 0 Å². The molecule has 0 fully saturated rings. The molecule has 0 N–H and O–H groups in total. The van der Waals surface area contributed by atoms with Gasteiger partial charge in [-0.25, -0.2) is 0 Å². The van der Waals surface area contributed by atoms with Crippen molar-refractivity contribution in [2.24, 2.45) is 0 Å². The topological polar surface area (TPSA) is 19.0 Å². The molecule has 0 bridgehead atoms. The lowest BCUT2D eigenvalue weighted by molar-refractivity contribution is 0.240. The molecule has 0 atom stereocenters. The molecule has 0 radical (unpaired) electrons. The lowest BCUT2D eigenvalue weighted by Gasteiger charge is -2.24. The fourth-order valence-corrected chi connectivity index (χ4v) is 3.48. The first kappa shape index (κ1) is 22.1. The van der Waals surface area contributed by atoms with Gasteiger partial charge in [0.15, 0.2) is 9.76 Å². The lowest BCUT2D eigenvalue weighted by Crippen LogP contribution is -2.31. The van der Waals surface area contributed by atoms with Gasteiger partial charge in [-0.05, 0) is 92.6 Å². The van der Waals surface area contributed by atoms with Crippen LogP contribution >= 0.6 is 0 Å². The van der Waals surface area contributed by atoms with Crippen LogP contribution in [0, 0.1) is 0 Å². The van der Waals surface area contributed by atoms with Crippen molar-refractivity contribution in [2.75, 3.05) is 67.5 Å². The minimum atomic E-state index is -0.259. The van der Waals surface area contributed by atoms with Crippen LogP contribution in [0.4, 0.5) is 0 Å². The van der Waals surface area contributed by atoms with Gasteiger partial charge in [0.2, 0.25) is 0 Å². The molecular formula is C17H41N3OSi. The van der Waals surface area contributed by atoms with Crippen LogP contribution in [0.5, 0.6) is 0 Å². The van der Waals surface area contributed by atoms with E-state index in [-0.39, 0.29) is 9.76 Å². The average Bonchev–Trinajstić information content (AvgIpc) is 2.45. The summed E-state index contributed by atoms with van der Waals surface area (Å²) in [7, 11) is 8.39. The van der Waals surface area contributed by atoms with Crippen LogP contribution in [-0.4, -0.2) is 92.0 Å². The Labute approximate surface area is 142 Å². The fraction of sp³-hybridized carbons (Fsp3) is 1.00. The SMILES string of the molecule is CCCCO[SiH2]CCCN(CCCN(C)C)CCCN(C)C. The molecule has 0 aliphatic heterocycles. The van der Waals surface area contributed by atoms with Crippen LogP contribution in [0.1, 0.15) is 39.0 Å². The summed E-state index contributed by atoms with van der Waals surface area (Å²) in [5.41, 5.74) is 0. The Hall–Kier alpha value is 0.0569. The largest absolute Gasteiger partial charge is 0.424 e. The second kappa shape index (κ2) is 15.9. The average molecular weight is 332 g/mol. The van der Waals surface area contributed by atoms with Gasteiger partial charge in [-0.15, -0.1) is 0 Å². The predicted molar refractivity (Wildman–Crippen MR) is 102 cm³/mol. The van der Waals surface area contributed by atoms with Gasteiger partial charge in [0, 0.05) is 6.61 Å². The summed E-state index contributed by atoms with van der Waals surface area (Å²) >= 11 is 0. The maximum atomic E-state index is 5.79. The van der Waals surface area contributed by atoms with Crippen molar-refractivity contribution in [2.45, 2.75) is 45.1 Å². The van der Waals surface area contributed by atoms with E-state index in [1.807, 2.05) is 0 Å². The highest BCUT2D eigenvalue weighted by molar-refractivity contribution is 6.26. The van der Waals surface area contributed by atoms with Crippen molar-refractivity contribution in [3.8, 4) is 0 Å². The van der Waals surface area contributed by atoms with Crippen LogP contribution in [0.2, 0.25) is 6.04 Å². The van der Waals surface area contributed by atoms with Crippen molar-refractivity contribution in [1.82, 2.24) is 14.7 Å². The Kier molecular flexibility index (Phi) is 16.0. The summed E-state index contributed by atoms with van der Waals surface area (Å²) in [6.07, 6.45) is 6.36. The summed E-state index contributed by atoms with van der Waals surface area (Å²) in [5.74, 6) is 0. The molecule has 0 aliphatic carbocycles. The molecule has 0 rings (SSSR count). The van der Waals surface area contributed by atoms with Crippen molar-refractivity contribution in [3.05, 3.63) is 0 Å². The highest BCUT2D eigenvalue weighted by atomic mass is 28.2. The van der Waals surface area contributed by atoms with E-state index >= 15 is 0 Å². The maximum Gasteiger partial charge on any atom is 0.161 e. The number of hydrogen-bond donors (Lipinski definition) is 0. The molecule has 0 unspecified atom stereocenters. The molecule has 0 aromatic rings. The smallest absolute Gasteiger partial charge is 0.161 e. The summed E-state index contributed by atoms with van der Waals surface area (Å²) in [6, 6.07) is 1.33. The lowest BCUT2D eigenvalue weighted by atomic mass is 10.3. The van der Waals surface area contributed by atoms with E-state index in [2.05, 4.69) is 49.8 Å². The highest BCUT2D eigenvalue weighted by Gasteiger charge is 2.05. The van der Waals surface area contributed by atoms with E-state index in [1.165, 1.54) is 70.9 Å². The van der Waals surface area contributed by atoms with E-state index in [0.29, 0.717) is 0 Å². The standard InChI is InChI=1S/C17H41N3OSi/c1-6-7-16-21-22-17-10-15-20(13-8-11-18(2)3)14-9-12-19(4)5/h6-17,22H2,1-5H3. The molecule has 0 aliphatic rings. The van der Waals surface area contributed by atoms with Crippen molar-refractivity contribution < 1.29 is 4.43 Å². The molecule has 0 aromatic carbocycles. The Morgan fingerprint density at radius 3 is 1.77 bits per heavy atom. The number of hydrogen-bond acceptors (Lipinski definition) is 4. The number of unbranched alkanes of at least 4 members (excludes halogenated alkanes) is 1. The van der Waals surface area contributed by atoms with Crippen molar-refractivity contribution in [1.29, 1.82) is 0 Å². The highest BCUT2D eigenvalue weighted by Crippen LogP contribution is 2.01. The Bertz CT molecular complexity index is 214. The summed E-state index contributed by atoms with van der Waals surface area (Å²) < 4.78 is 5.79. The predicted octanol–water partition coefficient (Wildman–Crippen LogP) is 1.90. The molecular weight excluding hydrogens is 290 g/mol. The summed E-state index contributed by atoms with van der Waals surface area (Å²) in [4.78, 5) is 7.23. The summed E-state index contributed by atoms with van der Waals surface area (Å²) in [6.45, 7) is 9.35. The minimum Gasteiger partial charge on any atom is -0.424 e. The van der Waals surface area contributed by atoms with Gasteiger partial charge in [0.1, 0.15) is 0 Å². The Balaban J connectivity index is 3.75. The van der Waals surface area contributed by atoms with E-state index < -0.39 is 0 Å². The van der Waals surface area contributed by atoms with E-state index in [4.69, 9.17) is 4.43 Å². The van der Waals surface area contributed by atoms with Gasteiger partial charge < -0.3 is 19.1 Å². The molecule has 134 valence electrons. The second-order valence-corrected chi connectivity index (χ2v) is 8.35. The van der Waals surface area contributed by atoms with Crippen molar-refractivity contribution >= 4 is 9.76 Å². The van der Waals surface area contributed by atoms with Gasteiger partial charge in [-0.3, -0.25) is 0 Å². The number of rotatable bonds is 16. The van der Waals surface area contributed by atoms with E-state index in [1.54, 1.807) is 0 Å². The third-order valence-corrected chi connectivity index (χ3v) is 5.18. The molecule has 0 saturated carbocycles. The Morgan fingerprint density at radius 1 is 0.727 bits per heavy atom. The zero-order valence-electron chi connectivity index (χ0n) is 15.9. The fourth-order valence-electron chi connectivity index (χ4n) is 2.44. The molecule has 0 amide bonds. The second-order valence-electron chi connectivity index (χ2n) is 6.83.